The fourth-order valence-corrected chi connectivity index (χ4v) is 6.05. The average molecular weight is 372 g/mol. The van der Waals surface area contributed by atoms with E-state index in [1.807, 2.05) is 0 Å². The second-order valence-corrected chi connectivity index (χ2v) is 9.25. The molecule has 1 fully saturated rings. The van der Waals surface area contributed by atoms with Gasteiger partial charge in [-0.25, -0.2) is 13.4 Å². The zero-order chi connectivity index (χ0) is 16.3. The van der Waals surface area contributed by atoms with E-state index in [9.17, 15) is 13.2 Å². The van der Waals surface area contributed by atoms with Crippen LogP contribution in [-0.2, 0) is 14.8 Å². The number of anilines is 1. The molecule has 0 aliphatic carbocycles. The first kappa shape index (κ1) is 16.6. The summed E-state index contributed by atoms with van der Waals surface area (Å²) in [7, 11) is -3.52. The molecule has 0 saturated carbocycles. The predicted molar refractivity (Wildman–Crippen MR) is 91.2 cm³/mol. The predicted octanol–water partition coefficient (Wildman–Crippen LogP) is 2.78. The minimum absolute atomic E-state index is 0.157. The molecule has 124 valence electrons. The molecule has 3 heterocycles. The van der Waals surface area contributed by atoms with Crippen LogP contribution in [0.1, 0.15) is 25.7 Å². The number of aromatic nitrogens is 1. The topological polar surface area (TPSA) is 79.4 Å². The number of hydrogen-bond donors (Lipinski definition) is 1. The normalized spacial score (nSPS) is 19.6. The highest BCUT2D eigenvalue weighted by Gasteiger charge is 2.35. The maximum atomic E-state index is 12.8. The molecule has 0 bridgehead atoms. The van der Waals surface area contributed by atoms with Gasteiger partial charge in [0.15, 0.2) is 5.13 Å². The molecule has 1 saturated heterocycles. The van der Waals surface area contributed by atoms with Crippen LogP contribution in [-0.4, -0.2) is 36.2 Å². The van der Waals surface area contributed by atoms with Crippen LogP contribution in [0.2, 0.25) is 0 Å². The van der Waals surface area contributed by atoms with Crippen molar-refractivity contribution in [3.05, 3.63) is 29.1 Å². The highest BCUT2D eigenvalue weighted by atomic mass is 32.2. The van der Waals surface area contributed by atoms with Crippen LogP contribution in [0, 0.1) is 0 Å². The molecule has 2 aromatic heterocycles. The molecule has 1 amide bonds. The van der Waals surface area contributed by atoms with Crippen molar-refractivity contribution in [2.45, 2.75) is 35.9 Å². The third-order valence-electron chi connectivity index (χ3n) is 3.73. The van der Waals surface area contributed by atoms with Gasteiger partial charge in [-0.15, -0.1) is 22.7 Å². The summed E-state index contributed by atoms with van der Waals surface area (Å²) in [6.07, 6.45) is 4.25. The molecule has 1 aliphatic rings. The molecule has 3 rings (SSSR count). The van der Waals surface area contributed by atoms with Gasteiger partial charge in [0.1, 0.15) is 4.21 Å². The van der Waals surface area contributed by atoms with Crippen LogP contribution < -0.4 is 5.32 Å². The van der Waals surface area contributed by atoms with E-state index in [2.05, 4.69) is 10.3 Å². The van der Waals surface area contributed by atoms with Gasteiger partial charge in [0.05, 0.1) is 0 Å². The van der Waals surface area contributed by atoms with Crippen LogP contribution in [0.25, 0.3) is 0 Å². The highest BCUT2D eigenvalue weighted by molar-refractivity contribution is 7.91. The molecule has 1 N–H and O–H groups in total. The Balaban J connectivity index is 1.73. The van der Waals surface area contributed by atoms with Crippen LogP contribution >= 0.6 is 22.7 Å². The lowest BCUT2D eigenvalue weighted by Gasteiger charge is -2.33. The van der Waals surface area contributed by atoms with Gasteiger partial charge in [0.2, 0.25) is 5.91 Å². The summed E-state index contributed by atoms with van der Waals surface area (Å²) in [6, 6.07) is 3.04. The van der Waals surface area contributed by atoms with E-state index in [4.69, 9.17) is 0 Å². The fraction of sp³-hybridized carbons (Fsp3) is 0.429. The Kier molecular flexibility index (Phi) is 5.10. The Labute approximate surface area is 143 Å². The molecule has 2 aromatic rings. The molecular formula is C14H17N3O3S3. The number of thiophene rings is 1. The van der Waals surface area contributed by atoms with Gasteiger partial charge in [0.25, 0.3) is 10.0 Å². The van der Waals surface area contributed by atoms with Crippen LogP contribution in [0.3, 0.4) is 0 Å². The van der Waals surface area contributed by atoms with E-state index in [1.54, 1.807) is 29.1 Å². The first-order chi connectivity index (χ1) is 11.1. The molecule has 0 unspecified atom stereocenters. The number of thiazole rings is 1. The molecular weight excluding hydrogens is 354 g/mol. The molecule has 9 heteroatoms. The van der Waals surface area contributed by atoms with E-state index in [-0.39, 0.29) is 18.4 Å². The Morgan fingerprint density at radius 2 is 2.22 bits per heavy atom. The Bertz CT molecular complexity index is 742. The molecule has 23 heavy (non-hydrogen) atoms. The van der Waals surface area contributed by atoms with Gasteiger partial charge in [-0.05, 0) is 24.3 Å². The van der Waals surface area contributed by atoms with Crippen LogP contribution in [0.15, 0.2) is 33.3 Å². The zero-order valence-corrected chi connectivity index (χ0v) is 14.8. The highest BCUT2D eigenvalue weighted by Crippen LogP contribution is 2.29. The van der Waals surface area contributed by atoms with Gasteiger partial charge >= 0.3 is 0 Å². The maximum Gasteiger partial charge on any atom is 0.252 e. The maximum absolute atomic E-state index is 12.8. The van der Waals surface area contributed by atoms with Crippen molar-refractivity contribution in [2.24, 2.45) is 0 Å². The monoisotopic (exact) mass is 371 g/mol. The Hall–Kier alpha value is -1.29. The van der Waals surface area contributed by atoms with Crippen molar-refractivity contribution in [3.8, 4) is 0 Å². The second-order valence-electron chi connectivity index (χ2n) is 5.29. The lowest BCUT2D eigenvalue weighted by atomic mass is 10.0. The summed E-state index contributed by atoms with van der Waals surface area (Å²) in [6.45, 7) is 0.468. The lowest BCUT2D eigenvalue weighted by Crippen LogP contribution is -2.45. The number of nitrogens with zero attached hydrogens (tertiary/aromatic N) is 2. The minimum Gasteiger partial charge on any atom is -0.302 e. The number of hydrogen-bond acceptors (Lipinski definition) is 6. The Morgan fingerprint density at radius 1 is 1.35 bits per heavy atom. The third kappa shape index (κ3) is 3.79. The van der Waals surface area contributed by atoms with Gasteiger partial charge in [-0.3, -0.25) is 4.79 Å². The number of carbonyl (C=O) groups excluding carboxylic acids is 1. The molecule has 0 radical (unpaired) electrons. The van der Waals surface area contributed by atoms with Gasteiger partial charge < -0.3 is 5.32 Å². The Morgan fingerprint density at radius 3 is 2.91 bits per heavy atom. The van der Waals surface area contributed by atoms with E-state index in [0.29, 0.717) is 22.3 Å². The van der Waals surface area contributed by atoms with Crippen LogP contribution in [0.4, 0.5) is 5.13 Å². The average Bonchev–Trinajstić information content (AvgIpc) is 3.21. The van der Waals surface area contributed by atoms with E-state index < -0.39 is 10.0 Å². The largest absolute Gasteiger partial charge is 0.302 e. The number of amides is 1. The summed E-state index contributed by atoms with van der Waals surface area (Å²) in [5.74, 6) is -0.196. The summed E-state index contributed by atoms with van der Waals surface area (Å²) in [5, 5.41) is 6.80. The van der Waals surface area contributed by atoms with Gasteiger partial charge in [-0.1, -0.05) is 12.5 Å². The van der Waals surface area contributed by atoms with Crippen molar-refractivity contribution < 1.29 is 13.2 Å². The standard InChI is InChI=1S/C14H17N3O3S3/c18-12(16-14-15-6-9-22-14)10-11-4-1-2-7-17(11)23(19,20)13-5-3-8-21-13/h3,5-6,8-9,11H,1-2,4,7,10H2,(H,15,16,18)/t11-/m1/s1. The van der Waals surface area contributed by atoms with Crippen molar-refractivity contribution in [1.82, 2.24) is 9.29 Å². The SMILES string of the molecule is O=C(C[C@H]1CCCCN1S(=O)(=O)c1cccs1)Nc1nccs1. The smallest absolute Gasteiger partial charge is 0.252 e. The second kappa shape index (κ2) is 7.08. The van der Waals surface area contributed by atoms with E-state index in [1.165, 1.54) is 27.0 Å². The van der Waals surface area contributed by atoms with E-state index >= 15 is 0 Å². The zero-order valence-electron chi connectivity index (χ0n) is 12.3. The van der Waals surface area contributed by atoms with Crippen molar-refractivity contribution in [3.63, 3.8) is 0 Å². The number of piperidine rings is 1. The minimum atomic E-state index is -3.52. The quantitative estimate of drug-likeness (QED) is 0.876. The number of nitrogens with one attached hydrogen (secondary N) is 1. The van der Waals surface area contributed by atoms with E-state index in [0.717, 1.165) is 12.8 Å². The lowest BCUT2D eigenvalue weighted by molar-refractivity contribution is -0.117. The molecule has 1 atom stereocenters. The first-order valence-electron chi connectivity index (χ1n) is 7.32. The molecule has 1 aliphatic heterocycles. The number of sulfonamides is 1. The summed E-state index contributed by atoms with van der Waals surface area (Å²) >= 11 is 2.55. The molecule has 6 nitrogen and oxygen atoms in total. The van der Waals surface area contributed by atoms with Crippen molar-refractivity contribution in [1.29, 1.82) is 0 Å². The fourth-order valence-electron chi connectivity index (χ4n) is 2.69. The molecule has 0 aromatic carbocycles. The first-order valence-corrected chi connectivity index (χ1v) is 10.5. The van der Waals surface area contributed by atoms with Crippen molar-refractivity contribution >= 4 is 43.7 Å². The molecule has 0 spiro atoms. The number of carbonyl (C=O) groups is 1. The van der Waals surface area contributed by atoms with Gasteiger partial charge in [-0.2, -0.15) is 4.31 Å². The summed E-state index contributed by atoms with van der Waals surface area (Å²) < 4.78 is 27.3. The number of rotatable bonds is 5. The third-order valence-corrected chi connectivity index (χ3v) is 7.74. The van der Waals surface area contributed by atoms with Crippen LogP contribution in [0.5, 0.6) is 0 Å². The van der Waals surface area contributed by atoms with Crippen molar-refractivity contribution in [2.75, 3.05) is 11.9 Å². The van der Waals surface area contributed by atoms with Gasteiger partial charge in [0, 0.05) is 30.6 Å². The summed E-state index contributed by atoms with van der Waals surface area (Å²) in [4.78, 5) is 16.2. The summed E-state index contributed by atoms with van der Waals surface area (Å²) in [5.41, 5.74) is 0.